The highest BCUT2D eigenvalue weighted by atomic mass is 16.5. The first-order chi connectivity index (χ1) is 17.5. The molecule has 0 bridgehead atoms. The number of fused-ring (bicyclic) bond motifs is 2. The molecule has 6 heteroatoms. The van der Waals surface area contributed by atoms with Crippen LogP contribution >= 0.6 is 0 Å². The molecule has 4 aromatic rings. The molecule has 36 heavy (non-hydrogen) atoms. The van der Waals surface area contributed by atoms with E-state index in [1.807, 2.05) is 91.5 Å². The summed E-state index contributed by atoms with van der Waals surface area (Å²) in [6.07, 6.45) is 2.05. The predicted molar refractivity (Wildman–Crippen MR) is 141 cm³/mol. The van der Waals surface area contributed by atoms with E-state index >= 15 is 0 Å². The predicted octanol–water partition coefficient (Wildman–Crippen LogP) is 5.13. The first kappa shape index (κ1) is 23.7. The summed E-state index contributed by atoms with van der Waals surface area (Å²) in [5.41, 5.74) is 2.66. The molecule has 0 saturated carbocycles. The SMILES string of the molecule is COc1cccc(C2c3cccn3CCN2C(=O)CN(C(=O)c2cccc3ccccc23)C(C)C)c1. The van der Waals surface area contributed by atoms with E-state index in [1.54, 1.807) is 12.0 Å². The van der Waals surface area contributed by atoms with Gasteiger partial charge in [-0.2, -0.15) is 0 Å². The third kappa shape index (κ3) is 4.35. The lowest BCUT2D eigenvalue weighted by molar-refractivity contribution is -0.135. The second-order valence-electron chi connectivity index (χ2n) is 9.45. The zero-order chi connectivity index (χ0) is 25.2. The maximum atomic E-state index is 13.9. The van der Waals surface area contributed by atoms with E-state index in [2.05, 4.69) is 16.8 Å². The molecule has 1 atom stereocenters. The molecular formula is C30H31N3O3. The van der Waals surface area contributed by atoms with Gasteiger partial charge in [0.2, 0.25) is 5.91 Å². The lowest BCUT2D eigenvalue weighted by atomic mass is 9.99. The van der Waals surface area contributed by atoms with Gasteiger partial charge in [-0.05, 0) is 60.5 Å². The van der Waals surface area contributed by atoms with E-state index in [0.717, 1.165) is 27.8 Å². The zero-order valence-electron chi connectivity index (χ0n) is 20.9. The molecule has 0 aliphatic carbocycles. The Kier molecular flexibility index (Phi) is 6.51. The van der Waals surface area contributed by atoms with Crippen LogP contribution in [0.3, 0.4) is 0 Å². The molecule has 1 unspecified atom stereocenters. The highest BCUT2D eigenvalue weighted by molar-refractivity contribution is 6.07. The van der Waals surface area contributed by atoms with Crippen LogP contribution in [0.2, 0.25) is 0 Å². The third-order valence-corrected chi connectivity index (χ3v) is 6.98. The number of hydrogen-bond acceptors (Lipinski definition) is 3. The van der Waals surface area contributed by atoms with Crippen molar-refractivity contribution in [3.8, 4) is 5.75 Å². The molecule has 6 nitrogen and oxygen atoms in total. The zero-order valence-corrected chi connectivity index (χ0v) is 20.9. The summed E-state index contributed by atoms with van der Waals surface area (Å²) in [5, 5.41) is 1.90. The van der Waals surface area contributed by atoms with Crippen molar-refractivity contribution >= 4 is 22.6 Å². The Morgan fingerprint density at radius 1 is 0.972 bits per heavy atom. The van der Waals surface area contributed by atoms with Crippen LogP contribution in [0.5, 0.6) is 5.75 Å². The summed E-state index contributed by atoms with van der Waals surface area (Å²) < 4.78 is 7.65. The second kappa shape index (κ2) is 9.90. The van der Waals surface area contributed by atoms with Crippen molar-refractivity contribution in [3.05, 3.63) is 102 Å². The van der Waals surface area contributed by atoms with Crippen molar-refractivity contribution in [2.24, 2.45) is 0 Å². The number of rotatable bonds is 6. The van der Waals surface area contributed by atoms with E-state index in [-0.39, 0.29) is 30.4 Å². The van der Waals surface area contributed by atoms with Crippen molar-refractivity contribution in [1.82, 2.24) is 14.4 Å². The maximum absolute atomic E-state index is 13.9. The Morgan fingerprint density at radius 2 is 1.75 bits per heavy atom. The molecule has 0 saturated heterocycles. The summed E-state index contributed by atoms with van der Waals surface area (Å²) in [7, 11) is 1.64. The molecule has 1 aliphatic rings. The van der Waals surface area contributed by atoms with E-state index in [0.29, 0.717) is 18.7 Å². The molecule has 0 fully saturated rings. The first-order valence-corrected chi connectivity index (χ1v) is 12.3. The fourth-order valence-corrected chi connectivity index (χ4v) is 5.11. The second-order valence-corrected chi connectivity index (χ2v) is 9.45. The largest absolute Gasteiger partial charge is 0.497 e. The third-order valence-electron chi connectivity index (χ3n) is 6.98. The Morgan fingerprint density at radius 3 is 2.56 bits per heavy atom. The van der Waals surface area contributed by atoms with E-state index in [4.69, 9.17) is 4.74 Å². The van der Waals surface area contributed by atoms with Gasteiger partial charge in [0.15, 0.2) is 0 Å². The number of aromatic nitrogens is 1. The number of hydrogen-bond donors (Lipinski definition) is 0. The molecule has 3 aromatic carbocycles. The average molecular weight is 482 g/mol. The van der Waals surface area contributed by atoms with Crippen LogP contribution in [-0.2, 0) is 11.3 Å². The molecule has 0 spiro atoms. The van der Waals surface area contributed by atoms with E-state index in [9.17, 15) is 9.59 Å². The van der Waals surface area contributed by atoms with E-state index in [1.165, 1.54) is 0 Å². The van der Waals surface area contributed by atoms with Gasteiger partial charge in [0.05, 0.1) is 13.2 Å². The molecular weight excluding hydrogens is 450 g/mol. The quantitative estimate of drug-likeness (QED) is 0.384. The Hall–Kier alpha value is -4.06. The minimum absolute atomic E-state index is 0.0148. The van der Waals surface area contributed by atoms with Gasteiger partial charge in [-0.15, -0.1) is 0 Å². The Balaban J connectivity index is 1.47. The summed E-state index contributed by atoms with van der Waals surface area (Å²) in [6.45, 7) is 5.21. The van der Waals surface area contributed by atoms with E-state index < -0.39 is 0 Å². The Labute approximate surface area is 211 Å². The number of carbonyl (C=O) groups excluding carboxylic acids is 2. The van der Waals surface area contributed by atoms with Crippen LogP contribution in [0, 0.1) is 0 Å². The van der Waals surface area contributed by atoms with Crippen molar-refractivity contribution in [2.75, 3.05) is 20.2 Å². The van der Waals surface area contributed by atoms with Gasteiger partial charge in [0.1, 0.15) is 12.3 Å². The van der Waals surface area contributed by atoms with Gasteiger partial charge in [0.25, 0.3) is 5.91 Å². The monoisotopic (exact) mass is 481 g/mol. The van der Waals surface area contributed by atoms with Gasteiger partial charge >= 0.3 is 0 Å². The molecule has 5 rings (SSSR count). The van der Waals surface area contributed by atoms with Gasteiger partial charge in [-0.1, -0.05) is 48.5 Å². The van der Waals surface area contributed by atoms with Crippen LogP contribution in [0.25, 0.3) is 10.8 Å². The highest BCUT2D eigenvalue weighted by Crippen LogP contribution is 2.34. The number of benzene rings is 3. The summed E-state index contributed by atoms with van der Waals surface area (Å²) in [6, 6.07) is 25.1. The molecule has 2 heterocycles. The highest BCUT2D eigenvalue weighted by Gasteiger charge is 2.34. The minimum Gasteiger partial charge on any atom is -0.497 e. The standard InChI is InChI=1S/C30H31N3O3/c1-21(2)33(30(35)26-14-7-10-22-9-4-5-13-25(22)26)20-28(34)32-18-17-31-16-8-15-27(31)29(32)23-11-6-12-24(19-23)36-3/h4-16,19,21,29H,17-18,20H2,1-3H3. The van der Waals surface area contributed by atoms with Gasteiger partial charge in [-0.3, -0.25) is 9.59 Å². The van der Waals surface area contributed by atoms with Gasteiger partial charge < -0.3 is 19.1 Å². The number of ether oxygens (including phenoxy) is 1. The van der Waals surface area contributed by atoms with Crippen molar-refractivity contribution in [2.45, 2.75) is 32.5 Å². The summed E-state index contributed by atoms with van der Waals surface area (Å²) >= 11 is 0. The molecule has 184 valence electrons. The van der Waals surface area contributed by atoms with Crippen LogP contribution in [0.15, 0.2) is 85.1 Å². The van der Waals surface area contributed by atoms with Crippen LogP contribution < -0.4 is 4.74 Å². The fraction of sp³-hybridized carbons (Fsp3) is 0.267. The molecule has 2 amide bonds. The fourth-order valence-electron chi connectivity index (χ4n) is 5.11. The molecule has 1 aliphatic heterocycles. The smallest absolute Gasteiger partial charge is 0.255 e. The van der Waals surface area contributed by atoms with Crippen LogP contribution in [0.1, 0.15) is 41.5 Å². The molecule has 1 aromatic heterocycles. The normalized spacial score (nSPS) is 15.1. The molecule has 0 radical (unpaired) electrons. The van der Waals surface area contributed by atoms with Gasteiger partial charge in [-0.25, -0.2) is 0 Å². The van der Waals surface area contributed by atoms with Crippen LogP contribution in [-0.4, -0.2) is 52.4 Å². The first-order valence-electron chi connectivity index (χ1n) is 12.3. The van der Waals surface area contributed by atoms with Gasteiger partial charge in [0, 0.05) is 36.6 Å². The Bertz CT molecular complexity index is 1400. The maximum Gasteiger partial charge on any atom is 0.255 e. The van der Waals surface area contributed by atoms with Crippen molar-refractivity contribution in [3.63, 3.8) is 0 Å². The number of amides is 2. The molecule has 0 N–H and O–H groups in total. The lowest BCUT2D eigenvalue weighted by Crippen LogP contribution is -2.49. The number of carbonyl (C=O) groups is 2. The van der Waals surface area contributed by atoms with Crippen LogP contribution in [0.4, 0.5) is 0 Å². The lowest BCUT2D eigenvalue weighted by Gasteiger charge is -2.39. The number of methoxy groups -OCH3 is 1. The van der Waals surface area contributed by atoms with Crippen molar-refractivity contribution in [1.29, 1.82) is 0 Å². The summed E-state index contributed by atoms with van der Waals surface area (Å²) in [5.74, 6) is 0.546. The summed E-state index contributed by atoms with van der Waals surface area (Å²) in [4.78, 5) is 31.2. The minimum atomic E-state index is -0.252. The average Bonchev–Trinajstić information content (AvgIpc) is 3.39. The number of nitrogens with zero attached hydrogens (tertiary/aromatic N) is 3. The van der Waals surface area contributed by atoms with Crippen molar-refractivity contribution < 1.29 is 14.3 Å². The topological polar surface area (TPSA) is 54.8 Å².